The lowest BCUT2D eigenvalue weighted by Gasteiger charge is -2.26. The third-order valence-corrected chi connectivity index (χ3v) is 5.19. The van der Waals surface area contributed by atoms with Gasteiger partial charge in [-0.2, -0.15) is 0 Å². The van der Waals surface area contributed by atoms with E-state index in [4.69, 9.17) is 0 Å². The van der Waals surface area contributed by atoms with Crippen molar-refractivity contribution in [2.24, 2.45) is 0 Å². The van der Waals surface area contributed by atoms with Crippen LogP contribution in [0.1, 0.15) is 16.5 Å². The molecule has 1 aliphatic heterocycles. The fourth-order valence-corrected chi connectivity index (χ4v) is 3.85. The number of nitrogens with zero attached hydrogens (tertiary/aromatic N) is 1. The van der Waals surface area contributed by atoms with E-state index in [1.807, 2.05) is 24.3 Å². The molecular weight excluding hydrogens is 323 g/mol. The first-order chi connectivity index (χ1) is 10.5. The van der Waals surface area contributed by atoms with Crippen LogP contribution >= 0.6 is 21.0 Å². The summed E-state index contributed by atoms with van der Waals surface area (Å²) in [4.78, 5) is 13.8. The Labute approximate surface area is 134 Å². The van der Waals surface area contributed by atoms with Crippen molar-refractivity contribution in [2.45, 2.75) is 12.3 Å². The van der Waals surface area contributed by atoms with Crippen molar-refractivity contribution < 1.29 is 13.6 Å². The summed E-state index contributed by atoms with van der Waals surface area (Å²) in [6.45, 7) is 1.68. The second-order valence-electron chi connectivity index (χ2n) is 5.15. The molecule has 0 N–H and O–H groups in total. The molecular formula is C16H14F2NOPS. The third kappa shape index (κ3) is 2.75. The van der Waals surface area contributed by atoms with Gasteiger partial charge in [0.25, 0.3) is 0 Å². The summed E-state index contributed by atoms with van der Waals surface area (Å²) in [6.07, 6.45) is 0. The van der Waals surface area contributed by atoms with Gasteiger partial charge >= 0.3 is 0 Å². The first-order valence-corrected chi connectivity index (χ1v) is 8.34. The van der Waals surface area contributed by atoms with Crippen LogP contribution in [0.25, 0.3) is 0 Å². The molecule has 1 aliphatic rings. The Morgan fingerprint density at radius 2 is 1.82 bits per heavy atom. The second-order valence-corrected chi connectivity index (χ2v) is 6.88. The minimum atomic E-state index is -0.940. The molecule has 2 aromatic rings. The molecule has 2 aromatic carbocycles. The van der Waals surface area contributed by atoms with Crippen LogP contribution in [0.2, 0.25) is 0 Å². The maximum absolute atomic E-state index is 13.6. The number of anilines is 1. The smallest absolute Gasteiger partial charge is 0.238 e. The van der Waals surface area contributed by atoms with Gasteiger partial charge in [0.15, 0.2) is 11.6 Å². The number of carbonyl (C=O) groups is 1. The summed E-state index contributed by atoms with van der Waals surface area (Å²) in [5.74, 6) is -1.61. The molecule has 0 bridgehead atoms. The molecule has 0 aromatic heterocycles. The highest BCUT2D eigenvalue weighted by molar-refractivity contribution is 8.00. The predicted octanol–water partition coefficient (Wildman–Crippen LogP) is 3.55. The maximum Gasteiger partial charge on any atom is 0.238 e. The van der Waals surface area contributed by atoms with Crippen LogP contribution in [0, 0.1) is 18.6 Å². The van der Waals surface area contributed by atoms with Crippen LogP contribution in [0.4, 0.5) is 14.5 Å². The molecule has 0 saturated carbocycles. The van der Waals surface area contributed by atoms with Crippen molar-refractivity contribution in [1.29, 1.82) is 0 Å². The number of hydrogen-bond acceptors (Lipinski definition) is 2. The van der Waals surface area contributed by atoms with Gasteiger partial charge in [-0.05, 0) is 29.4 Å². The fraction of sp³-hybridized carbons (Fsp3) is 0.188. The average molecular weight is 337 g/mol. The Morgan fingerprint density at radius 3 is 2.50 bits per heavy atom. The topological polar surface area (TPSA) is 20.3 Å². The van der Waals surface area contributed by atoms with Crippen LogP contribution < -0.4 is 10.2 Å². The highest BCUT2D eigenvalue weighted by Crippen LogP contribution is 2.42. The number of rotatable bonds is 2. The summed E-state index contributed by atoms with van der Waals surface area (Å²) < 4.78 is 26.9. The number of carbonyl (C=O) groups excluding carboxylic acids is 1. The standard InChI is InChI=1S/C16H14F2NOPS/c1-9-6-12(17)13(18)7-14(9)19-15(20)8-22-16(19)10-2-4-11(21)5-3-10/h2-7,16H,8,21H2,1H3. The van der Waals surface area contributed by atoms with Crippen LogP contribution in [0.3, 0.4) is 0 Å². The summed E-state index contributed by atoms with van der Waals surface area (Å²) in [5, 5.41) is 0.829. The minimum Gasteiger partial charge on any atom is -0.295 e. The van der Waals surface area contributed by atoms with E-state index < -0.39 is 11.6 Å². The lowest BCUT2D eigenvalue weighted by molar-refractivity contribution is -0.115. The van der Waals surface area contributed by atoms with E-state index >= 15 is 0 Å². The average Bonchev–Trinajstić information content (AvgIpc) is 2.85. The molecule has 2 unspecified atom stereocenters. The van der Waals surface area contributed by atoms with Gasteiger partial charge in [-0.15, -0.1) is 21.0 Å². The maximum atomic E-state index is 13.6. The zero-order valence-corrected chi connectivity index (χ0v) is 13.8. The molecule has 0 radical (unpaired) electrons. The van der Waals surface area contributed by atoms with Crippen LogP contribution in [0.15, 0.2) is 36.4 Å². The Balaban J connectivity index is 2.05. The Bertz CT molecular complexity index is 736. The van der Waals surface area contributed by atoms with E-state index in [0.29, 0.717) is 17.0 Å². The van der Waals surface area contributed by atoms with Crippen molar-refractivity contribution in [1.82, 2.24) is 0 Å². The number of aryl methyl sites for hydroxylation is 1. The number of hydrogen-bond donors (Lipinski definition) is 0. The van der Waals surface area contributed by atoms with Gasteiger partial charge in [0.05, 0.1) is 11.4 Å². The molecule has 1 amide bonds. The Morgan fingerprint density at radius 1 is 1.18 bits per heavy atom. The molecule has 22 heavy (non-hydrogen) atoms. The second kappa shape index (κ2) is 5.98. The Hall–Kier alpha value is -1.45. The van der Waals surface area contributed by atoms with E-state index in [2.05, 4.69) is 9.24 Å². The van der Waals surface area contributed by atoms with Crippen molar-refractivity contribution in [3.63, 3.8) is 0 Å². The lowest BCUT2D eigenvalue weighted by atomic mass is 10.1. The summed E-state index contributed by atoms with van der Waals surface area (Å²) in [6, 6.07) is 10.0. The largest absolute Gasteiger partial charge is 0.295 e. The van der Waals surface area contributed by atoms with Crippen molar-refractivity contribution in [3.8, 4) is 0 Å². The van der Waals surface area contributed by atoms with Crippen LogP contribution in [0.5, 0.6) is 0 Å². The van der Waals surface area contributed by atoms with Gasteiger partial charge in [0.1, 0.15) is 5.37 Å². The first-order valence-electron chi connectivity index (χ1n) is 6.72. The molecule has 1 fully saturated rings. The molecule has 6 heteroatoms. The van der Waals surface area contributed by atoms with E-state index in [1.165, 1.54) is 11.8 Å². The van der Waals surface area contributed by atoms with Crippen molar-refractivity contribution in [2.75, 3.05) is 10.7 Å². The van der Waals surface area contributed by atoms with E-state index in [9.17, 15) is 13.6 Å². The number of halogens is 2. The van der Waals surface area contributed by atoms with Gasteiger partial charge < -0.3 is 0 Å². The zero-order chi connectivity index (χ0) is 15.9. The molecule has 1 saturated heterocycles. The van der Waals surface area contributed by atoms with Crippen molar-refractivity contribution in [3.05, 3.63) is 59.2 Å². The number of amides is 1. The van der Waals surface area contributed by atoms with Crippen LogP contribution in [-0.2, 0) is 4.79 Å². The number of thioether (sulfide) groups is 1. The third-order valence-electron chi connectivity index (χ3n) is 3.59. The van der Waals surface area contributed by atoms with E-state index in [-0.39, 0.29) is 11.3 Å². The molecule has 0 aliphatic carbocycles. The highest BCUT2D eigenvalue weighted by Gasteiger charge is 2.35. The van der Waals surface area contributed by atoms with Gasteiger partial charge in [-0.1, -0.05) is 24.3 Å². The minimum absolute atomic E-state index is 0.0981. The SMILES string of the molecule is Cc1cc(F)c(F)cc1N1C(=O)CSC1c1ccc(P)cc1. The number of benzene rings is 2. The van der Waals surface area contributed by atoms with Gasteiger partial charge in [0.2, 0.25) is 5.91 Å². The fourth-order valence-electron chi connectivity index (χ4n) is 2.49. The zero-order valence-electron chi connectivity index (χ0n) is 11.8. The molecule has 3 rings (SSSR count). The first kappa shape index (κ1) is 15.4. The molecule has 0 spiro atoms. The predicted molar refractivity (Wildman–Crippen MR) is 89.6 cm³/mol. The summed E-state index contributed by atoms with van der Waals surface area (Å²) in [5.41, 5.74) is 1.93. The molecule has 1 heterocycles. The van der Waals surface area contributed by atoms with Crippen LogP contribution in [-0.4, -0.2) is 11.7 Å². The monoisotopic (exact) mass is 337 g/mol. The van der Waals surface area contributed by atoms with Crippen molar-refractivity contribution >= 4 is 37.9 Å². The summed E-state index contributed by atoms with van der Waals surface area (Å²) in [7, 11) is 2.61. The molecule has 114 valence electrons. The molecule has 2 atom stereocenters. The van der Waals surface area contributed by atoms with E-state index in [0.717, 1.165) is 23.0 Å². The highest BCUT2D eigenvalue weighted by atomic mass is 32.2. The normalized spacial score (nSPS) is 18.1. The summed E-state index contributed by atoms with van der Waals surface area (Å²) >= 11 is 1.48. The van der Waals surface area contributed by atoms with Gasteiger partial charge in [0, 0.05) is 6.07 Å². The van der Waals surface area contributed by atoms with Gasteiger partial charge in [-0.3, -0.25) is 9.69 Å². The Kier molecular flexibility index (Phi) is 4.20. The van der Waals surface area contributed by atoms with Gasteiger partial charge in [-0.25, -0.2) is 8.78 Å². The van der Waals surface area contributed by atoms with E-state index in [1.54, 1.807) is 11.8 Å². The molecule has 2 nitrogen and oxygen atoms in total. The quantitative estimate of drug-likeness (QED) is 0.781. The lowest BCUT2D eigenvalue weighted by Crippen LogP contribution is -2.28.